The van der Waals surface area contributed by atoms with Gasteiger partial charge in [0.1, 0.15) is 5.92 Å². The number of benzene rings is 1. The maximum atomic E-state index is 11.6. The van der Waals surface area contributed by atoms with E-state index in [1.54, 1.807) is 6.92 Å². The summed E-state index contributed by atoms with van der Waals surface area (Å²) >= 11 is 0. The molecule has 1 unspecified atom stereocenters. The van der Waals surface area contributed by atoms with Gasteiger partial charge in [0, 0.05) is 6.42 Å². The molecule has 0 N–H and O–H groups in total. The van der Waals surface area contributed by atoms with Gasteiger partial charge in [-0.3, -0.25) is 4.79 Å². The van der Waals surface area contributed by atoms with Gasteiger partial charge < -0.3 is 0 Å². The third kappa shape index (κ3) is 2.44. The van der Waals surface area contributed by atoms with Crippen molar-refractivity contribution in [1.29, 1.82) is 5.26 Å². The molecule has 0 heterocycles. The van der Waals surface area contributed by atoms with Gasteiger partial charge in [0.25, 0.3) is 0 Å². The molecule has 78 valence electrons. The van der Waals surface area contributed by atoms with Crippen LogP contribution in [0.5, 0.6) is 0 Å². The van der Waals surface area contributed by atoms with Crippen LogP contribution in [-0.2, 0) is 4.79 Å². The zero-order valence-corrected chi connectivity index (χ0v) is 9.37. The minimum atomic E-state index is -0.602. The molecule has 2 nitrogen and oxygen atoms in total. The molecule has 0 saturated carbocycles. The highest BCUT2D eigenvalue weighted by Crippen LogP contribution is 2.22. The summed E-state index contributed by atoms with van der Waals surface area (Å²) in [5, 5.41) is 9.03. The molecule has 2 heteroatoms. The van der Waals surface area contributed by atoms with E-state index in [0.717, 1.165) is 16.7 Å². The van der Waals surface area contributed by atoms with Gasteiger partial charge in [-0.25, -0.2) is 0 Å². The lowest BCUT2D eigenvalue weighted by molar-refractivity contribution is -0.119. The van der Waals surface area contributed by atoms with E-state index in [1.807, 2.05) is 32.0 Å². The Morgan fingerprint density at radius 1 is 1.47 bits per heavy atom. The first kappa shape index (κ1) is 11.5. The van der Waals surface area contributed by atoms with E-state index in [2.05, 4.69) is 6.07 Å². The molecule has 0 spiro atoms. The van der Waals surface area contributed by atoms with E-state index in [4.69, 9.17) is 5.26 Å². The first-order valence-electron chi connectivity index (χ1n) is 5.09. The van der Waals surface area contributed by atoms with Crippen molar-refractivity contribution < 1.29 is 4.79 Å². The Morgan fingerprint density at radius 2 is 2.13 bits per heavy atom. The number of carbonyl (C=O) groups is 1. The Bertz CT molecular complexity index is 415. The highest BCUT2D eigenvalue weighted by molar-refractivity contribution is 5.88. The fourth-order valence-electron chi connectivity index (χ4n) is 1.59. The van der Waals surface area contributed by atoms with Crippen LogP contribution in [-0.4, -0.2) is 5.78 Å². The van der Waals surface area contributed by atoms with Crippen molar-refractivity contribution in [3.8, 4) is 6.07 Å². The number of nitrogens with zero attached hydrogens (tertiary/aromatic N) is 1. The molecule has 0 aliphatic heterocycles. The summed E-state index contributed by atoms with van der Waals surface area (Å²) < 4.78 is 0. The van der Waals surface area contributed by atoms with Crippen molar-refractivity contribution in [2.75, 3.05) is 0 Å². The highest BCUT2D eigenvalue weighted by atomic mass is 16.1. The Balaban J connectivity index is 3.19. The molecule has 15 heavy (non-hydrogen) atoms. The Morgan fingerprint density at radius 3 is 2.67 bits per heavy atom. The van der Waals surface area contributed by atoms with Crippen molar-refractivity contribution >= 4 is 5.78 Å². The zero-order chi connectivity index (χ0) is 11.4. The molecule has 0 radical (unpaired) electrons. The summed E-state index contributed by atoms with van der Waals surface area (Å²) in [6.45, 7) is 5.69. The number of aryl methyl sites for hydroxylation is 2. The number of hydrogen-bond donors (Lipinski definition) is 0. The molecule has 0 aliphatic rings. The third-order valence-electron chi connectivity index (χ3n) is 2.55. The van der Waals surface area contributed by atoms with Crippen LogP contribution >= 0.6 is 0 Å². The van der Waals surface area contributed by atoms with Crippen LogP contribution in [0.2, 0.25) is 0 Å². The normalized spacial score (nSPS) is 11.9. The van der Waals surface area contributed by atoms with Crippen LogP contribution in [0.15, 0.2) is 18.2 Å². The van der Waals surface area contributed by atoms with Gasteiger partial charge >= 0.3 is 0 Å². The van der Waals surface area contributed by atoms with E-state index in [0.29, 0.717) is 6.42 Å². The van der Waals surface area contributed by atoms with Gasteiger partial charge in [0.15, 0.2) is 5.78 Å². The van der Waals surface area contributed by atoms with E-state index < -0.39 is 5.92 Å². The van der Waals surface area contributed by atoms with Gasteiger partial charge in [-0.2, -0.15) is 5.26 Å². The fraction of sp³-hybridized carbons (Fsp3) is 0.385. The quantitative estimate of drug-likeness (QED) is 0.754. The second-order valence-corrected chi connectivity index (χ2v) is 3.74. The van der Waals surface area contributed by atoms with Crippen LogP contribution in [0.4, 0.5) is 0 Å². The number of rotatable bonds is 3. The summed E-state index contributed by atoms with van der Waals surface area (Å²) in [7, 11) is 0. The standard InChI is InChI=1S/C13H15NO/c1-4-13(15)12(8-14)11-7-9(2)5-6-10(11)3/h5-7,12H,4H2,1-3H3. The van der Waals surface area contributed by atoms with Gasteiger partial charge in [-0.15, -0.1) is 0 Å². The first-order chi connectivity index (χ1) is 7.10. The summed E-state index contributed by atoms with van der Waals surface area (Å²) in [5.41, 5.74) is 2.94. The summed E-state index contributed by atoms with van der Waals surface area (Å²) in [5.74, 6) is -0.610. The van der Waals surface area contributed by atoms with Gasteiger partial charge in [-0.05, 0) is 25.0 Å². The summed E-state index contributed by atoms with van der Waals surface area (Å²) in [6, 6.07) is 7.96. The van der Waals surface area contributed by atoms with Crippen molar-refractivity contribution in [3.63, 3.8) is 0 Å². The predicted molar refractivity (Wildman–Crippen MR) is 59.6 cm³/mol. The Kier molecular flexibility index (Phi) is 3.62. The van der Waals surface area contributed by atoms with Crippen molar-refractivity contribution in [3.05, 3.63) is 34.9 Å². The molecule has 1 aromatic rings. The number of carbonyl (C=O) groups excluding carboxylic acids is 1. The molecular weight excluding hydrogens is 186 g/mol. The maximum Gasteiger partial charge on any atom is 0.154 e. The minimum Gasteiger partial charge on any atom is -0.298 e. The molecule has 1 rings (SSSR count). The third-order valence-corrected chi connectivity index (χ3v) is 2.55. The summed E-state index contributed by atoms with van der Waals surface area (Å²) in [4.78, 5) is 11.6. The molecule has 1 atom stereocenters. The molecule has 0 fully saturated rings. The second-order valence-electron chi connectivity index (χ2n) is 3.74. The Labute approximate surface area is 90.5 Å². The van der Waals surface area contributed by atoms with E-state index in [1.165, 1.54) is 0 Å². The van der Waals surface area contributed by atoms with Crippen LogP contribution in [0.3, 0.4) is 0 Å². The molecule has 0 amide bonds. The van der Waals surface area contributed by atoms with Gasteiger partial charge in [-0.1, -0.05) is 30.7 Å². The Hall–Kier alpha value is -1.62. The smallest absolute Gasteiger partial charge is 0.154 e. The monoisotopic (exact) mass is 201 g/mol. The second kappa shape index (κ2) is 4.75. The first-order valence-corrected chi connectivity index (χ1v) is 5.09. The van der Waals surface area contributed by atoms with E-state index >= 15 is 0 Å². The molecule has 0 saturated heterocycles. The van der Waals surface area contributed by atoms with Crippen LogP contribution < -0.4 is 0 Å². The van der Waals surface area contributed by atoms with Crippen molar-refractivity contribution in [1.82, 2.24) is 0 Å². The molecule has 0 bridgehead atoms. The van der Waals surface area contributed by atoms with Gasteiger partial charge in [0.05, 0.1) is 6.07 Å². The van der Waals surface area contributed by atoms with Crippen molar-refractivity contribution in [2.45, 2.75) is 33.1 Å². The lowest BCUT2D eigenvalue weighted by atomic mass is 9.90. The maximum absolute atomic E-state index is 11.6. The molecular formula is C13H15NO. The molecule has 1 aromatic carbocycles. The van der Waals surface area contributed by atoms with Crippen LogP contribution in [0.1, 0.15) is 36.0 Å². The molecule has 0 aliphatic carbocycles. The lowest BCUT2D eigenvalue weighted by Crippen LogP contribution is -2.10. The minimum absolute atomic E-state index is 0.00815. The topological polar surface area (TPSA) is 40.9 Å². The zero-order valence-electron chi connectivity index (χ0n) is 9.37. The van der Waals surface area contributed by atoms with Crippen LogP contribution in [0, 0.1) is 25.2 Å². The van der Waals surface area contributed by atoms with Gasteiger partial charge in [0.2, 0.25) is 0 Å². The average Bonchev–Trinajstić information content (AvgIpc) is 2.23. The number of ketones is 1. The van der Waals surface area contributed by atoms with E-state index in [-0.39, 0.29) is 5.78 Å². The lowest BCUT2D eigenvalue weighted by Gasteiger charge is -2.11. The number of nitriles is 1. The number of Topliss-reactive ketones (excluding diaryl/α,β-unsaturated/α-hetero) is 1. The van der Waals surface area contributed by atoms with Crippen molar-refractivity contribution in [2.24, 2.45) is 0 Å². The summed E-state index contributed by atoms with van der Waals surface area (Å²) in [6.07, 6.45) is 0.408. The predicted octanol–water partition coefficient (Wildman–Crippen LogP) is 2.89. The number of hydrogen-bond acceptors (Lipinski definition) is 2. The fourth-order valence-corrected chi connectivity index (χ4v) is 1.59. The average molecular weight is 201 g/mol. The molecule has 0 aromatic heterocycles. The van der Waals surface area contributed by atoms with E-state index in [9.17, 15) is 4.79 Å². The largest absolute Gasteiger partial charge is 0.298 e. The van der Waals surface area contributed by atoms with Crippen LogP contribution in [0.25, 0.3) is 0 Å². The SMILES string of the molecule is CCC(=O)C(C#N)c1cc(C)ccc1C. The highest BCUT2D eigenvalue weighted by Gasteiger charge is 2.19.